The van der Waals surface area contributed by atoms with Gasteiger partial charge in [-0.05, 0) is 35.7 Å². The quantitative estimate of drug-likeness (QED) is 0.263. The first-order valence-corrected chi connectivity index (χ1v) is 12.1. The van der Waals surface area contributed by atoms with Gasteiger partial charge in [-0.25, -0.2) is 10.4 Å². The number of H-pyrrole nitrogens is 1. The molecular formula is C25H22ClN6OS+. The number of hydrogen-bond acceptors (Lipinski definition) is 5. The number of aromatic nitrogens is 4. The van der Waals surface area contributed by atoms with Crippen LogP contribution in [0.1, 0.15) is 24.1 Å². The lowest BCUT2D eigenvalue weighted by molar-refractivity contribution is -0.748. The molecule has 1 aliphatic heterocycles. The van der Waals surface area contributed by atoms with Crippen molar-refractivity contribution in [1.82, 2.24) is 15.1 Å². The Bertz CT molecular complexity index is 1360. The van der Waals surface area contributed by atoms with Crippen molar-refractivity contribution in [3.05, 3.63) is 107 Å². The average Bonchev–Trinajstić information content (AvgIpc) is 3.26. The first-order valence-electron chi connectivity index (χ1n) is 10.7. The Morgan fingerprint density at radius 3 is 2.68 bits per heavy atom. The zero-order valence-electron chi connectivity index (χ0n) is 18.3. The minimum atomic E-state index is -0.486. The van der Waals surface area contributed by atoms with Gasteiger partial charge in [0.15, 0.2) is 6.04 Å². The van der Waals surface area contributed by atoms with E-state index in [-0.39, 0.29) is 5.91 Å². The number of thioether (sulfide) groups is 1. The topological polar surface area (TPSA) is 86.6 Å². The maximum Gasteiger partial charge on any atom is 0.417 e. The van der Waals surface area contributed by atoms with E-state index >= 15 is 0 Å². The van der Waals surface area contributed by atoms with Crippen molar-refractivity contribution in [2.24, 2.45) is 0 Å². The Labute approximate surface area is 206 Å². The zero-order valence-corrected chi connectivity index (χ0v) is 19.9. The van der Waals surface area contributed by atoms with E-state index in [1.165, 1.54) is 5.56 Å². The molecule has 170 valence electrons. The lowest BCUT2D eigenvalue weighted by Crippen LogP contribution is -2.50. The SMILES string of the molecule is CC1=C(C(=O)Nc2cccnc2)C(c2ccccc2Cl)[n+]2[nH]c(SCc3ccccc3)nc2N1. The number of anilines is 2. The van der Waals surface area contributed by atoms with Crippen LogP contribution in [0.2, 0.25) is 5.02 Å². The van der Waals surface area contributed by atoms with Gasteiger partial charge in [0.2, 0.25) is 0 Å². The molecule has 1 atom stereocenters. The van der Waals surface area contributed by atoms with Crippen LogP contribution in [-0.2, 0) is 10.5 Å². The average molecular weight is 490 g/mol. The molecule has 9 heteroatoms. The van der Waals surface area contributed by atoms with Crippen molar-refractivity contribution in [1.29, 1.82) is 0 Å². The molecule has 0 saturated heterocycles. The first-order chi connectivity index (χ1) is 16.6. The third kappa shape index (κ3) is 4.55. The van der Waals surface area contributed by atoms with Gasteiger partial charge in [0.25, 0.3) is 11.1 Å². The molecule has 0 bridgehead atoms. The third-order valence-corrected chi connectivity index (χ3v) is 6.75. The summed E-state index contributed by atoms with van der Waals surface area (Å²) in [6.07, 6.45) is 3.28. The fourth-order valence-corrected chi connectivity index (χ4v) is 4.94. The van der Waals surface area contributed by atoms with E-state index < -0.39 is 6.04 Å². The van der Waals surface area contributed by atoms with E-state index in [2.05, 4.69) is 32.8 Å². The van der Waals surface area contributed by atoms with Crippen LogP contribution in [0.3, 0.4) is 0 Å². The summed E-state index contributed by atoms with van der Waals surface area (Å²) >= 11 is 8.21. The minimum absolute atomic E-state index is 0.242. The summed E-state index contributed by atoms with van der Waals surface area (Å²) in [5.74, 6) is 1.15. The molecule has 0 fully saturated rings. The molecule has 2 aromatic carbocycles. The number of halogens is 1. The van der Waals surface area contributed by atoms with E-state index in [0.717, 1.165) is 16.5 Å². The number of nitrogens with one attached hydrogen (secondary N) is 3. The van der Waals surface area contributed by atoms with Gasteiger partial charge in [0.1, 0.15) is 0 Å². The van der Waals surface area contributed by atoms with E-state index in [1.807, 2.05) is 54.1 Å². The van der Waals surface area contributed by atoms with Crippen LogP contribution < -0.4 is 15.3 Å². The molecule has 3 heterocycles. The summed E-state index contributed by atoms with van der Waals surface area (Å²) in [6.45, 7) is 1.87. The van der Waals surface area contributed by atoms with Crippen LogP contribution in [0.15, 0.2) is 95.6 Å². The standard InChI is InChI=1S/C25H21ClN6OS/c1-16-21(23(33)29-18-10-7-13-27-14-18)22(19-11-5-6-12-20(19)26)32-24(28-16)30-25(31-32)34-15-17-8-3-2-4-9-17/h2-14,22H,15H2,1H3,(H2,28,29,30,31,33)/p+1. The highest BCUT2D eigenvalue weighted by molar-refractivity contribution is 7.98. The predicted octanol–water partition coefficient (Wildman–Crippen LogP) is 4.97. The van der Waals surface area contributed by atoms with Gasteiger partial charge in [-0.15, -0.1) is 4.68 Å². The molecule has 4 aromatic rings. The summed E-state index contributed by atoms with van der Waals surface area (Å²) in [5, 5.41) is 10.9. The largest absolute Gasteiger partial charge is 0.417 e. The summed E-state index contributed by atoms with van der Waals surface area (Å²) in [6, 6.07) is 20.8. The van der Waals surface area contributed by atoms with Crippen molar-refractivity contribution in [2.75, 3.05) is 10.6 Å². The number of pyridine rings is 1. The number of allylic oxidation sites excluding steroid dienone is 1. The van der Waals surface area contributed by atoms with Gasteiger partial charge in [0.05, 0.1) is 23.2 Å². The molecule has 0 aliphatic carbocycles. The molecule has 7 nitrogen and oxygen atoms in total. The maximum absolute atomic E-state index is 13.5. The number of aromatic amines is 1. The molecule has 5 rings (SSSR count). The fourth-order valence-electron chi connectivity index (χ4n) is 3.89. The van der Waals surface area contributed by atoms with Gasteiger partial charge in [-0.2, -0.15) is 0 Å². The molecule has 1 unspecified atom stereocenters. The number of fused-ring (bicyclic) bond motifs is 1. The van der Waals surface area contributed by atoms with E-state index in [0.29, 0.717) is 27.9 Å². The summed E-state index contributed by atoms with van der Waals surface area (Å²) in [5.41, 5.74) is 3.87. The molecule has 0 radical (unpaired) electrons. The van der Waals surface area contributed by atoms with Crippen LogP contribution in [0, 0.1) is 0 Å². The number of nitrogens with zero attached hydrogens (tertiary/aromatic N) is 3. The third-order valence-electron chi connectivity index (χ3n) is 5.47. The van der Waals surface area contributed by atoms with Crippen LogP contribution in [-0.4, -0.2) is 21.0 Å². The number of benzene rings is 2. The van der Waals surface area contributed by atoms with E-state index in [1.54, 1.807) is 36.3 Å². The Morgan fingerprint density at radius 1 is 1.12 bits per heavy atom. The Balaban J connectivity index is 1.51. The van der Waals surface area contributed by atoms with Crippen molar-refractivity contribution in [3.63, 3.8) is 0 Å². The molecule has 1 amide bonds. The van der Waals surface area contributed by atoms with E-state index in [4.69, 9.17) is 16.6 Å². The summed E-state index contributed by atoms with van der Waals surface area (Å²) in [4.78, 5) is 22.3. The highest BCUT2D eigenvalue weighted by Gasteiger charge is 2.40. The van der Waals surface area contributed by atoms with Gasteiger partial charge >= 0.3 is 5.95 Å². The Kier molecular flexibility index (Phi) is 6.33. The lowest BCUT2D eigenvalue weighted by atomic mass is 9.95. The highest BCUT2D eigenvalue weighted by atomic mass is 35.5. The summed E-state index contributed by atoms with van der Waals surface area (Å²) in [7, 11) is 0. The molecule has 0 saturated carbocycles. The number of hydrogen-bond donors (Lipinski definition) is 3. The fraction of sp³-hybridized carbons (Fsp3) is 0.120. The monoisotopic (exact) mass is 489 g/mol. The van der Waals surface area contributed by atoms with Crippen LogP contribution >= 0.6 is 23.4 Å². The molecule has 34 heavy (non-hydrogen) atoms. The molecule has 0 spiro atoms. The molecule has 3 N–H and O–H groups in total. The van der Waals surface area contributed by atoms with Crippen molar-refractivity contribution in [3.8, 4) is 0 Å². The highest BCUT2D eigenvalue weighted by Crippen LogP contribution is 2.34. The second-order valence-electron chi connectivity index (χ2n) is 7.78. The summed E-state index contributed by atoms with van der Waals surface area (Å²) < 4.78 is 1.86. The normalized spacial score (nSPS) is 14.9. The van der Waals surface area contributed by atoms with Crippen LogP contribution in [0.25, 0.3) is 0 Å². The van der Waals surface area contributed by atoms with Gasteiger partial charge in [-0.1, -0.05) is 71.9 Å². The molecular weight excluding hydrogens is 468 g/mol. The smallest absolute Gasteiger partial charge is 0.321 e. The molecule has 2 aromatic heterocycles. The second-order valence-corrected chi connectivity index (χ2v) is 9.15. The van der Waals surface area contributed by atoms with Crippen molar-refractivity contribution in [2.45, 2.75) is 23.9 Å². The van der Waals surface area contributed by atoms with Crippen LogP contribution in [0.5, 0.6) is 0 Å². The number of amides is 1. The number of rotatable bonds is 6. The van der Waals surface area contributed by atoms with Crippen molar-refractivity contribution >= 4 is 40.9 Å². The second kappa shape index (κ2) is 9.70. The van der Waals surface area contributed by atoms with Crippen molar-refractivity contribution < 1.29 is 9.48 Å². The lowest BCUT2D eigenvalue weighted by Gasteiger charge is -2.24. The van der Waals surface area contributed by atoms with E-state index in [9.17, 15) is 4.79 Å². The van der Waals surface area contributed by atoms with Crippen LogP contribution in [0.4, 0.5) is 11.6 Å². The van der Waals surface area contributed by atoms with Gasteiger partial charge in [0, 0.05) is 22.5 Å². The Hall–Kier alpha value is -3.62. The van der Waals surface area contributed by atoms with Gasteiger partial charge in [-0.3, -0.25) is 9.78 Å². The Morgan fingerprint density at radius 2 is 1.91 bits per heavy atom. The minimum Gasteiger partial charge on any atom is -0.321 e. The number of carbonyl (C=O) groups excluding carboxylic acids is 1. The molecule has 1 aliphatic rings. The predicted molar refractivity (Wildman–Crippen MR) is 134 cm³/mol. The van der Waals surface area contributed by atoms with Gasteiger partial charge < -0.3 is 5.32 Å². The number of carbonyl (C=O) groups is 1. The zero-order chi connectivity index (χ0) is 23.5. The first kappa shape index (κ1) is 22.2. The maximum atomic E-state index is 13.5.